The van der Waals surface area contributed by atoms with Crippen molar-refractivity contribution in [2.75, 3.05) is 12.8 Å². The van der Waals surface area contributed by atoms with Crippen molar-refractivity contribution in [2.24, 2.45) is 0 Å². The molecule has 0 saturated heterocycles. The van der Waals surface area contributed by atoms with E-state index in [4.69, 9.17) is 5.11 Å². The minimum absolute atomic E-state index is 0.0606. The normalized spacial score (nSPS) is 11.0. The van der Waals surface area contributed by atoms with Gasteiger partial charge in [0.15, 0.2) is 9.84 Å². The van der Waals surface area contributed by atoms with Gasteiger partial charge in [0.05, 0.1) is 4.90 Å². The van der Waals surface area contributed by atoms with Gasteiger partial charge < -0.3 is 10.4 Å². The van der Waals surface area contributed by atoms with E-state index >= 15 is 0 Å². The molecule has 0 radical (unpaired) electrons. The number of hydrogen-bond acceptors (Lipinski definition) is 4. The van der Waals surface area contributed by atoms with Gasteiger partial charge in [0.1, 0.15) is 6.54 Å². The highest BCUT2D eigenvalue weighted by atomic mass is 32.2. The second kappa shape index (κ2) is 5.18. The molecule has 18 heavy (non-hydrogen) atoms. The number of sulfone groups is 1. The predicted octanol–water partition coefficient (Wildman–Crippen LogP) is 0.213. The zero-order chi connectivity index (χ0) is 13.9. The average molecular weight is 271 g/mol. The maximum absolute atomic E-state index is 11.6. The molecule has 0 aliphatic carbocycles. The summed E-state index contributed by atoms with van der Waals surface area (Å²) in [6.07, 6.45) is 1.05. The highest BCUT2D eigenvalue weighted by Crippen LogP contribution is 2.16. The Labute approximate surface area is 105 Å². The number of hydrogen-bond donors (Lipinski definition) is 2. The van der Waals surface area contributed by atoms with Crippen molar-refractivity contribution in [1.82, 2.24) is 5.32 Å². The molecule has 1 aromatic rings. The van der Waals surface area contributed by atoms with Crippen LogP contribution in [0.25, 0.3) is 0 Å². The number of benzene rings is 1. The molecule has 1 rings (SSSR count). The molecule has 1 amide bonds. The molecule has 2 N–H and O–H groups in total. The van der Waals surface area contributed by atoms with Crippen molar-refractivity contribution >= 4 is 21.7 Å². The van der Waals surface area contributed by atoms with Gasteiger partial charge in [0, 0.05) is 11.8 Å². The van der Waals surface area contributed by atoms with Gasteiger partial charge in [0.2, 0.25) is 0 Å². The summed E-state index contributed by atoms with van der Waals surface area (Å²) >= 11 is 0. The number of amides is 1. The van der Waals surface area contributed by atoms with Crippen LogP contribution in [0.1, 0.15) is 15.9 Å². The number of carboxylic acids is 1. The molecule has 0 bridgehead atoms. The first-order chi connectivity index (χ1) is 8.21. The Bertz CT molecular complexity index is 591. The molecule has 98 valence electrons. The lowest BCUT2D eigenvalue weighted by atomic mass is 10.1. The third kappa shape index (κ3) is 3.56. The SMILES string of the molecule is Cc1ccc(C(=O)NCC(=O)O)cc1S(C)(=O)=O. The zero-order valence-electron chi connectivity index (χ0n) is 9.93. The minimum atomic E-state index is -3.42. The van der Waals surface area contributed by atoms with Gasteiger partial charge in [-0.25, -0.2) is 8.42 Å². The largest absolute Gasteiger partial charge is 0.480 e. The lowest BCUT2D eigenvalue weighted by Crippen LogP contribution is -2.29. The van der Waals surface area contributed by atoms with Gasteiger partial charge >= 0.3 is 5.97 Å². The number of aliphatic carboxylic acids is 1. The Morgan fingerprint density at radius 2 is 1.94 bits per heavy atom. The van der Waals surface area contributed by atoms with Crippen LogP contribution in [0.5, 0.6) is 0 Å². The Kier molecular flexibility index (Phi) is 4.07. The molecule has 0 fully saturated rings. The molecule has 0 aliphatic heterocycles. The van der Waals surface area contributed by atoms with Gasteiger partial charge in [0.25, 0.3) is 5.91 Å². The molecule has 0 atom stereocenters. The average Bonchev–Trinajstić information content (AvgIpc) is 2.24. The smallest absolute Gasteiger partial charge is 0.322 e. The topological polar surface area (TPSA) is 101 Å². The third-order valence-corrected chi connectivity index (χ3v) is 3.49. The standard InChI is InChI=1S/C11H13NO5S/c1-7-3-4-8(5-9(7)18(2,16)17)11(15)12-6-10(13)14/h3-5H,6H2,1-2H3,(H,12,15)(H,13,14). The lowest BCUT2D eigenvalue weighted by molar-refractivity contribution is -0.135. The highest BCUT2D eigenvalue weighted by Gasteiger charge is 2.14. The number of carboxylic acid groups (broad SMARTS) is 1. The summed E-state index contributed by atoms with van der Waals surface area (Å²) in [4.78, 5) is 21.9. The van der Waals surface area contributed by atoms with E-state index in [1.54, 1.807) is 6.92 Å². The van der Waals surface area contributed by atoms with Crippen LogP contribution < -0.4 is 5.32 Å². The Hall–Kier alpha value is -1.89. The van der Waals surface area contributed by atoms with E-state index in [1.807, 2.05) is 0 Å². The monoisotopic (exact) mass is 271 g/mol. The first-order valence-corrected chi connectivity index (χ1v) is 6.91. The predicted molar refractivity (Wildman–Crippen MR) is 64.3 cm³/mol. The summed E-state index contributed by atoms with van der Waals surface area (Å²) in [5.74, 6) is -1.79. The zero-order valence-corrected chi connectivity index (χ0v) is 10.7. The van der Waals surface area contributed by atoms with E-state index in [0.717, 1.165) is 6.26 Å². The first-order valence-electron chi connectivity index (χ1n) is 5.02. The van der Waals surface area contributed by atoms with Crippen LogP contribution >= 0.6 is 0 Å². The van der Waals surface area contributed by atoms with E-state index in [9.17, 15) is 18.0 Å². The molecule has 0 unspecified atom stereocenters. The fourth-order valence-electron chi connectivity index (χ4n) is 1.40. The van der Waals surface area contributed by atoms with Crippen LogP contribution in [-0.4, -0.2) is 38.2 Å². The van der Waals surface area contributed by atoms with E-state index in [0.29, 0.717) is 5.56 Å². The maximum Gasteiger partial charge on any atom is 0.322 e. The highest BCUT2D eigenvalue weighted by molar-refractivity contribution is 7.90. The number of rotatable bonds is 4. The molecule has 0 aliphatic rings. The maximum atomic E-state index is 11.6. The molecular weight excluding hydrogens is 258 g/mol. The summed E-state index contributed by atoms with van der Waals surface area (Å²) < 4.78 is 22.9. The van der Waals surface area contributed by atoms with Gasteiger partial charge in [-0.2, -0.15) is 0 Å². The van der Waals surface area contributed by atoms with Gasteiger partial charge in [-0.1, -0.05) is 6.07 Å². The molecule has 7 heteroatoms. The van der Waals surface area contributed by atoms with Crippen molar-refractivity contribution in [3.05, 3.63) is 29.3 Å². The van der Waals surface area contributed by atoms with E-state index in [1.165, 1.54) is 18.2 Å². The Morgan fingerprint density at radius 1 is 1.33 bits per heavy atom. The quantitative estimate of drug-likeness (QED) is 0.815. The van der Waals surface area contributed by atoms with Crippen LogP contribution in [0, 0.1) is 6.92 Å². The van der Waals surface area contributed by atoms with Gasteiger partial charge in [-0.15, -0.1) is 0 Å². The Balaban J connectivity index is 3.06. The minimum Gasteiger partial charge on any atom is -0.480 e. The second-order valence-corrected chi connectivity index (χ2v) is 5.81. The van der Waals surface area contributed by atoms with Crippen molar-refractivity contribution in [1.29, 1.82) is 0 Å². The van der Waals surface area contributed by atoms with Crippen LogP contribution in [0.15, 0.2) is 23.1 Å². The molecular formula is C11H13NO5S. The van der Waals surface area contributed by atoms with Gasteiger partial charge in [-0.05, 0) is 24.6 Å². The van der Waals surface area contributed by atoms with Crippen molar-refractivity contribution in [3.63, 3.8) is 0 Å². The molecule has 6 nitrogen and oxygen atoms in total. The van der Waals surface area contributed by atoms with E-state index < -0.39 is 28.3 Å². The van der Waals surface area contributed by atoms with Crippen LogP contribution in [-0.2, 0) is 14.6 Å². The van der Waals surface area contributed by atoms with Crippen LogP contribution in [0.2, 0.25) is 0 Å². The van der Waals surface area contributed by atoms with Crippen LogP contribution in [0.4, 0.5) is 0 Å². The van der Waals surface area contributed by atoms with Crippen molar-refractivity contribution < 1.29 is 23.1 Å². The number of carbonyl (C=O) groups excluding carboxylic acids is 1. The third-order valence-electron chi connectivity index (χ3n) is 2.25. The number of nitrogens with one attached hydrogen (secondary N) is 1. The van der Waals surface area contributed by atoms with Gasteiger partial charge in [-0.3, -0.25) is 9.59 Å². The van der Waals surface area contributed by atoms with Crippen LogP contribution in [0.3, 0.4) is 0 Å². The molecule has 0 aromatic heterocycles. The summed E-state index contributed by atoms with van der Waals surface area (Å²) in [7, 11) is -3.42. The van der Waals surface area contributed by atoms with Crippen molar-refractivity contribution in [3.8, 4) is 0 Å². The van der Waals surface area contributed by atoms with Crippen molar-refractivity contribution in [2.45, 2.75) is 11.8 Å². The summed E-state index contributed by atoms with van der Waals surface area (Å²) in [6, 6.07) is 4.19. The number of carbonyl (C=O) groups is 2. The van der Waals surface area contributed by atoms with E-state index in [-0.39, 0.29) is 10.5 Å². The second-order valence-electron chi connectivity index (χ2n) is 3.83. The molecule has 0 heterocycles. The summed E-state index contributed by atoms with van der Waals surface area (Å²) in [5.41, 5.74) is 0.648. The Morgan fingerprint density at radius 3 is 2.44 bits per heavy atom. The lowest BCUT2D eigenvalue weighted by Gasteiger charge is -2.07. The first kappa shape index (κ1) is 14.2. The molecule has 0 saturated carbocycles. The summed E-state index contributed by atoms with van der Waals surface area (Å²) in [5, 5.41) is 10.6. The summed E-state index contributed by atoms with van der Waals surface area (Å²) in [6.45, 7) is 1.11. The van der Waals surface area contributed by atoms with E-state index in [2.05, 4.69) is 5.32 Å². The fourth-order valence-corrected chi connectivity index (χ4v) is 2.39. The molecule has 1 aromatic carbocycles. The fraction of sp³-hybridized carbons (Fsp3) is 0.273. The molecule has 0 spiro atoms. The number of aryl methyl sites for hydroxylation is 1.